The molecule has 1 atom stereocenters. The normalized spacial score (nSPS) is 12.5. The van der Waals surface area contributed by atoms with Gasteiger partial charge in [-0.15, -0.1) is 0 Å². The quantitative estimate of drug-likeness (QED) is 0.802. The van der Waals surface area contributed by atoms with Gasteiger partial charge in [0, 0.05) is 11.1 Å². The van der Waals surface area contributed by atoms with Crippen LogP contribution >= 0.6 is 11.6 Å². The molecule has 16 heavy (non-hydrogen) atoms. The Morgan fingerprint density at radius 1 is 1.50 bits per heavy atom. The molecule has 0 spiro atoms. The topological polar surface area (TPSA) is 41.5 Å². The van der Waals surface area contributed by atoms with E-state index in [1.54, 1.807) is 7.11 Å². The molecule has 4 heteroatoms. The lowest BCUT2D eigenvalue weighted by molar-refractivity contribution is 0.252. The van der Waals surface area contributed by atoms with Crippen molar-refractivity contribution in [3.8, 4) is 5.75 Å². The Hall–Kier alpha value is -0.770. The number of ether oxygens (including phenoxy) is 1. The van der Waals surface area contributed by atoms with Crippen LogP contribution in [0.5, 0.6) is 5.75 Å². The molecule has 1 aromatic rings. The number of halogens is 1. The number of nitrogens with one attached hydrogen (secondary N) is 1. The van der Waals surface area contributed by atoms with E-state index in [1.807, 2.05) is 25.1 Å². The Morgan fingerprint density at radius 3 is 2.88 bits per heavy atom. The second-order valence-corrected chi connectivity index (χ2v) is 4.18. The number of methoxy groups -OCH3 is 1. The summed E-state index contributed by atoms with van der Waals surface area (Å²) in [5.41, 5.74) is 1.08. The zero-order valence-electron chi connectivity index (χ0n) is 9.66. The van der Waals surface area contributed by atoms with E-state index in [0.717, 1.165) is 24.3 Å². The van der Waals surface area contributed by atoms with Crippen molar-refractivity contribution >= 4 is 11.6 Å². The van der Waals surface area contributed by atoms with Crippen molar-refractivity contribution in [3.63, 3.8) is 0 Å². The molecule has 1 aromatic carbocycles. The molecule has 0 bridgehead atoms. The van der Waals surface area contributed by atoms with Gasteiger partial charge in [0.15, 0.2) is 0 Å². The highest BCUT2D eigenvalue weighted by molar-refractivity contribution is 6.30. The van der Waals surface area contributed by atoms with Gasteiger partial charge in [-0.2, -0.15) is 0 Å². The third-order valence-electron chi connectivity index (χ3n) is 2.40. The van der Waals surface area contributed by atoms with E-state index in [2.05, 4.69) is 5.32 Å². The first kappa shape index (κ1) is 13.3. The van der Waals surface area contributed by atoms with Gasteiger partial charge in [0.05, 0.1) is 13.7 Å². The highest BCUT2D eigenvalue weighted by atomic mass is 35.5. The molecule has 0 radical (unpaired) electrons. The predicted molar refractivity (Wildman–Crippen MR) is 66.3 cm³/mol. The van der Waals surface area contributed by atoms with Gasteiger partial charge in [0.2, 0.25) is 0 Å². The van der Waals surface area contributed by atoms with E-state index in [-0.39, 0.29) is 12.6 Å². The van der Waals surface area contributed by atoms with Gasteiger partial charge in [0.25, 0.3) is 0 Å². The van der Waals surface area contributed by atoms with Crippen molar-refractivity contribution in [3.05, 3.63) is 28.8 Å². The van der Waals surface area contributed by atoms with Crippen molar-refractivity contribution in [1.29, 1.82) is 0 Å². The molecule has 0 aromatic heterocycles. The van der Waals surface area contributed by atoms with E-state index < -0.39 is 0 Å². The molecular formula is C12H18ClNO2. The van der Waals surface area contributed by atoms with Crippen LogP contribution in [0.15, 0.2) is 18.2 Å². The SMILES string of the molecule is COc1ccc(Cl)cc1CCNC(C)CO. The highest BCUT2D eigenvalue weighted by Gasteiger charge is 2.04. The molecule has 0 saturated heterocycles. The van der Waals surface area contributed by atoms with Crippen LogP contribution in [-0.4, -0.2) is 31.4 Å². The van der Waals surface area contributed by atoms with Gasteiger partial charge in [-0.3, -0.25) is 0 Å². The molecule has 0 aliphatic carbocycles. The molecule has 0 heterocycles. The zero-order valence-corrected chi connectivity index (χ0v) is 10.4. The average Bonchev–Trinajstić information content (AvgIpc) is 2.29. The second kappa shape index (κ2) is 6.74. The van der Waals surface area contributed by atoms with Crippen molar-refractivity contribution in [2.24, 2.45) is 0 Å². The maximum Gasteiger partial charge on any atom is 0.122 e. The largest absolute Gasteiger partial charge is 0.496 e. The summed E-state index contributed by atoms with van der Waals surface area (Å²) < 4.78 is 5.25. The molecular weight excluding hydrogens is 226 g/mol. The van der Waals surface area contributed by atoms with E-state index in [9.17, 15) is 0 Å². The van der Waals surface area contributed by atoms with Crippen molar-refractivity contribution in [2.45, 2.75) is 19.4 Å². The third-order valence-corrected chi connectivity index (χ3v) is 2.64. The molecule has 0 fully saturated rings. The van der Waals surface area contributed by atoms with Crippen LogP contribution in [0.4, 0.5) is 0 Å². The molecule has 3 nitrogen and oxygen atoms in total. The summed E-state index contributed by atoms with van der Waals surface area (Å²) in [6, 6.07) is 5.71. The number of benzene rings is 1. The smallest absolute Gasteiger partial charge is 0.122 e. The Balaban J connectivity index is 2.55. The van der Waals surface area contributed by atoms with Crippen molar-refractivity contribution in [2.75, 3.05) is 20.3 Å². The molecule has 2 N–H and O–H groups in total. The second-order valence-electron chi connectivity index (χ2n) is 3.74. The Labute approximate surface area is 101 Å². The van der Waals surface area contributed by atoms with Crippen LogP contribution in [0.2, 0.25) is 5.02 Å². The first-order chi connectivity index (χ1) is 7.67. The molecule has 90 valence electrons. The fraction of sp³-hybridized carbons (Fsp3) is 0.500. The average molecular weight is 244 g/mol. The Morgan fingerprint density at radius 2 is 2.25 bits per heavy atom. The van der Waals surface area contributed by atoms with Crippen LogP contribution < -0.4 is 10.1 Å². The molecule has 0 aliphatic heterocycles. The minimum absolute atomic E-state index is 0.116. The molecule has 0 amide bonds. The Bertz CT molecular complexity index is 331. The number of hydrogen-bond donors (Lipinski definition) is 2. The van der Waals surface area contributed by atoms with Crippen molar-refractivity contribution in [1.82, 2.24) is 5.32 Å². The maximum absolute atomic E-state index is 8.87. The lowest BCUT2D eigenvalue weighted by Gasteiger charge is -2.12. The van der Waals surface area contributed by atoms with Gasteiger partial charge in [-0.1, -0.05) is 11.6 Å². The highest BCUT2D eigenvalue weighted by Crippen LogP contribution is 2.22. The molecule has 1 rings (SSSR count). The number of rotatable bonds is 6. The Kier molecular flexibility index (Phi) is 5.60. The van der Waals surface area contributed by atoms with Gasteiger partial charge in [0.1, 0.15) is 5.75 Å². The first-order valence-electron chi connectivity index (χ1n) is 5.34. The van der Waals surface area contributed by atoms with E-state index in [0.29, 0.717) is 5.02 Å². The minimum Gasteiger partial charge on any atom is -0.496 e. The molecule has 1 unspecified atom stereocenters. The van der Waals surface area contributed by atoms with Gasteiger partial charge < -0.3 is 15.2 Å². The van der Waals surface area contributed by atoms with Crippen LogP contribution in [-0.2, 0) is 6.42 Å². The first-order valence-corrected chi connectivity index (χ1v) is 5.71. The van der Waals surface area contributed by atoms with E-state index >= 15 is 0 Å². The standard InChI is InChI=1S/C12H18ClNO2/c1-9(8-15)14-6-5-10-7-11(13)3-4-12(10)16-2/h3-4,7,9,14-15H,5-6,8H2,1-2H3. The van der Waals surface area contributed by atoms with Gasteiger partial charge in [-0.05, 0) is 43.7 Å². The van der Waals surface area contributed by atoms with Crippen LogP contribution in [0.3, 0.4) is 0 Å². The third kappa shape index (κ3) is 4.00. The van der Waals surface area contributed by atoms with Crippen LogP contribution in [0, 0.1) is 0 Å². The fourth-order valence-corrected chi connectivity index (χ4v) is 1.66. The zero-order chi connectivity index (χ0) is 12.0. The van der Waals surface area contributed by atoms with E-state index in [1.165, 1.54) is 0 Å². The predicted octanol–water partition coefficient (Wildman–Crippen LogP) is 1.86. The summed E-state index contributed by atoms with van der Waals surface area (Å²) in [4.78, 5) is 0. The fourth-order valence-electron chi connectivity index (χ4n) is 1.46. The summed E-state index contributed by atoms with van der Waals surface area (Å²) in [5, 5.41) is 12.8. The lowest BCUT2D eigenvalue weighted by Crippen LogP contribution is -2.31. The van der Waals surface area contributed by atoms with Gasteiger partial charge >= 0.3 is 0 Å². The number of aliphatic hydroxyl groups is 1. The minimum atomic E-state index is 0.116. The molecule has 0 saturated carbocycles. The van der Waals surface area contributed by atoms with Gasteiger partial charge in [-0.25, -0.2) is 0 Å². The summed E-state index contributed by atoms with van der Waals surface area (Å²) in [6.07, 6.45) is 0.827. The van der Waals surface area contributed by atoms with E-state index in [4.69, 9.17) is 21.4 Å². The maximum atomic E-state index is 8.87. The van der Waals surface area contributed by atoms with Crippen molar-refractivity contribution < 1.29 is 9.84 Å². The monoisotopic (exact) mass is 243 g/mol. The van der Waals surface area contributed by atoms with Crippen LogP contribution in [0.25, 0.3) is 0 Å². The number of aliphatic hydroxyl groups excluding tert-OH is 1. The molecule has 0 aliphatic rings. The summed E-state index contributed by atoms with van der Waals surface area (Å²) >= 11 is 5.93. The lowest BCUT2D eigenvalue weighted by atomic mass is 10.1. The number of hydrogen-bond acceptors (Lipinski definition) is 3. The summed E-state index contributed by atoms with van der Waals surface area (Å²) in [6.45, 7) is 2.88. The summed E-state index contributed by atoms with van der Waals surface area (Å²) in [7, 11) is 1.65. The summed E-state index contributed by atoms with van der Waals surface area (Å²) in [5.74, 6) is 0.850. The van der Waals surface area contributed by atoms with Crippen LogP contribution in [0.1, 0.15) is 12.5 Å².